The number of rotatable bonds is 3. The summed E-state index contributed by atoms with van der Waals surface area (Å²) in [6.45, 7) is 6.94. The lowest BCUT2D eigenvalue weighted by Crippen LogP contribution is -2.42. The zero-order valence-corrected chi connectivity index (χ0v) is 17.7. The average Bonchev–Trinajstić information content (AvgIpc) is 3.41. The van der Waals surface area contributed by atoms with Crippen molar-refractivity contribution in [2.45, 2.75) is 32.2 Å². The Kier molecular flexibility index (Phi) is 4.77. The van der Waals surface area contributed by atoms with Gasteiger partial charge >= 0.3 is 0 Å². The van der Waals surface area contributed by atoms with E-state index in [-0.39, 0.29) is 0 Å². The molecule has 3 heterocycles. The smallest absolute Gasteiger partial charge is 0.0991 e. The summed E-state index contributed by atoms with van der Waals surface area (Å²) in [6, 6.07) is 17.5. The van der Waals surface area contributed by atoms with Crippen LogP contribution in [0.25, 0.3) is 10.2 Å². The van der Waals surface area contributed by atoms with Gasteiger partial charge in [0, 0.05) is 24.8 Å². The van der Waals surface area contributed by atoms with Crippen LogP contribution in [0.3, 0.4) is 0 Å². The van der Waals surface area contributed by atoms with Gasteiger partial charge in [-0.1, -0.05) is 6.07 Å². The number of benzene rings is 2. The van der Waals surface area contributed by atoms with E-state index in [9.17, 15) is 0 Å². The van der Waals surface area contributed by atoms with Gasteiger partial charge < -0.3 is 4.90 Å². The van der Waals surface area contributed by atoms with Gasteiger partial charge in [-0.25, -0.2) is 4.98 Å². The highest BCUT2D eigenvalue weighted by Crippen LogP contribution is 2.43. The van der Waals surface area contributed by atoms with Crippen LogP contribution in [-0.4, -0.2) is 36.1 Å². The van der Waals surface area contributed by atoms with Crippen LogP contribution in [0.15, 0.2) is 48.0 Å². The van der Waals surface area contributed by atoms with Gasteiger partial charge in [-0.05, 0) is 86.7 Å². The van der Waals surface area contributed by atoms with Crippen molar-refractivity contribution in [1.29, 1.82) is 5.26 Å². The molecule has 4 nitrogen and oxygen atoms in total. The summed E-state index contributed by atoms with van der Waals surface area (Å²) in [5.74, 6) is 0. The Hall–Kier alpha value is -2.42. The monoisotopic (exact) mass is 402 g/mol. The molecule has 0 unspecified atom stereocenters. The molecule has 3 aromatic rings. The topological polar surface area (TPSA) is 43.2 Å². The molecule has 1 spiro atoms. The van der Waals surface area contributed by atoms with E-state index in [1.807, 2.05) is 17.6 Å². The highest BCUT2D eigenvalue weighted by molar-refractivity contribution is 7.16. The van der Waals surface area contributed by atoms with Gasteiger partial charge in [-0.2, -0.15) is 5.26 Å². The number of piperidine rings is 1. The first-order chi connectivity index (χ1) is 14.2. The minimum absolute atomic E-state index is 0.439. The number of hydrogen-bond acceptors (Lipinski definition) is 5. The number of fused-ring (bicyclic) bond motifs is 1. The van der Waals surface area contributed by atoms with Crippen LogP contribution >= 0.6 is 11.3 Å². The summed E-state index contributed by atoms with van der Waals surface area (Å²) in [7, 11) is 0. The molecule has 0 aliphatic carbocycles. The van der Waals surface area contributed by atoms with Gasteiger partial charge in [0.1, 0.15) is 0 Å². The van der Waals surface area contributed by atoms with Crippen LogP contribution in [0.1, 0.15) is 43.4 Å². The number of anilines is 1. The molecule has 2 aromatic carbocycles. The third-order valence-electron chi connectivity index (χ3n) is 7.04. The first kappa shape index (κ1) is 18.6. The zero-order valence-electron chi connectivity index (χ0n) is 16.8. The molecule has 5 rings (SSSR count). The molecule has 0 saturated carbocycles. The first-order valence-corrected chi connectivity index (χ1v) is 11.4. The van der Waals surface area contributed by atoms with E-state index in [2.05, 4.69) is 58.1 Å². The fourth-order valence-electron chi connectivity index (χ4n) is 5.04. The van der Waals surface area contributed by atoms with E-state index in [1.165, 1.54) is 35.2 Å². The maximum atomic E-state index is 9.01. The molecule has 0 bridgehead atoms. The van der Waals surface area contributed by atoms with Gasteiger partial charge in [0.2, 0.25) is 0 Å². The van der Waals surface area contributed by atoms with Crippen molar-refractivity contribution in [3.8, 4) is 6.07 Å². The van der Waals surface area contributed by atoms with Gasteiger partial charge in [0.15, 0.2) is 0 Å². The lowest BCUT2D eigenvalue weighted by atomic mass is 9.77. The van der Waals surface area contributed by atoms with Crippen molar-refractivity contribution < 1.29 is 0 Å². The third-order valence-corrected chi connectivity index (χ3v) is 7.85. The van der Waals surface area contributed by atoms with Crippen LogP contribution in [0.2, 0.25) is 0 Å². The van der Waals surface area contributed by atoms with Crippen LogP contribution in [0.5, 0.6) is 0 Å². The summed E-state index contributed by atoms with van der Waals surface area (Å²) in [5, 5.41) is 9.01. The first-order valence-electron chi connectivity index (χ1n) is 10.5. The Morgan fingerprint density at radius 3 is 2.59 bits per heavy atom. The standard InChI is InChI=1S/C24H26N4S/c1-18(20-4-7-23-22(14-20)26-17-29-23)27-11-8-24(9-12-27)10-13-28(16-24)21-5-2-19(15-25)3-6-21/h2-7,14,17-18H,8-13,16H2,1H3/t18-/m0/s1. The molecule has 5 heteroatoms. The maximum Gasteiger partial charge on any atom is 0.0991 e. The summed E-state index contributed by atoms with van der Waals surface area (Å²) in [4.78, 5) is 9.64. The SMILES string of the molecule is C[C@@H](c1ccc2scnc2c1)N1CCC2(CCN(c3ccc(C#N)cc3)C2)CC1. The van der Waals surface area contributed by atoms with Gasteiger partial charge in [-0.15, -0.1) is 11.3 Å². The summed E-state index contributed by atoms with van der Waals surface area (Å²) >= 11 is 1.71. The predicted molar refractivity (Wildman–Crippen MR) is 119 cm³/mol. The van der Waals surface area contributed by atoms with E-state index in [0.29, 0.717) is 11.5 Å². The summed E-state index contributed by atoms with van der Waals surface area (Å²) < 4.78 is 1.27. The molecule has 0 amide bonds. The molecule has 2 aliphatic heterocycles. The van der Waals surface area contributed by atoms with Crippen molar-refractivity contribution in [2.24, 2.45) is 5.41 Å². The number of likely N-dealkylation sites (tertiary alicyclic amines) is 1. The normalized spacial score (nSPS) is 20.2. The molecule has 29 heavy (non-hydrogen) atoms. The van der Waals surface area contributed by atoms with Crippen LogP contribution in [0.4, 0.5) is 5.69 Å². The van der Waals surface area contributed by atoms with Gasteiger partial charge in [-0.3, -0.25) is 4.90 Å². The molecule has 2 saturated heterocycles. The number of hydrogen-bond donors (Lipinski definition) is 0. The van der Waals surface area contributed by atoms with Crippen LogP contribution in [-0.2, 0) is 0 Å². The van der Waals surface area contributed by atoms with Crippen molar-refractivity contribution in [3.05, 3.63) is 59.1 Å². The van der Waals surface area contributed by atoms with Crippen LogP contribution < -0.4 is 4.90 Å². The molecule has 1 aromatic heterocycles. The van der Waals surface area contributed by atoms with E-state index >= 15 is 0 Å². The minimum atomic E-state index is 0.439. The molecule has 148 valence electrons. The second-order valence-electron chi connectivity index (χ2n) is 8.62. The van der Waals surface area contributed by atoms with Crippen molar-refractivity contribution >= 4 is 27.2 Å². The largest absolute Gasteiger partial charge is 0.371 e. The van der Waals surface area contributed by atoms with Crippen LogP contribution in [0, 0.1) is 16.7 Å². The average molecular weight is 403 g/mol. The number of thiazole rings is 1. The van der Waals surface area contributed by atoms with E-state index < -0.39 is 0 Å². The Morgan fingerprint density at radius 2 is 1.83 bits per heavy atom. The number of aromatic nitrogens is 1. The summed E-state index contributed by atoms with van der Waals surface area (Å²) in [5.41, 5.74) is 6.88. The maximum absolute atomic E-state index is 9.01. The Labute approximate surface area is 176 Å². The highest BCUT2D eigenvalue weighted by atomic mass is 32.1. The zero-order chi connectivity index (χ0) is 19.8. The quantitative estimate of drug-likeness (QED) is 0.602. The second kappa shape index (κ2) is 7.44. The highest BCUT2D eigenvalue weighted by Gasteiger charge is 2.41. The third kappa shape index (κ3) is 3.52. The van der Waals surface area contributed by atoms with Crippen molar-refractivity contribution in [2.75, 3.05) is 31.1 Å². The number of nitrogens with zero attached hydrogens (tertiary/aromatic N) is 4. The Balaban J connectivity index is 1.23. The molecular weight excluding hydrogens is 376 g/mol. The van der Waals surface area contributed by atoms with E-state index in [4.69, 9.17) is 5.26 Å². The second-order valence-corrected chi connectivity index (χ2v) is 9.51. The molecule has 0 radical (unpaired) electrons. The van der Waals surface area contributed by atoms with Crippen molar-refractivity contribution in [3.63, 3.8) is 0 Å². The van der Waals surface area contributed by atoms with E-state index in [1.54, 1.807) is 11.3 Å². The lowest BCUT2D eigenvalue weighted by Gasteiger charge is -2.42. The summed E-state index contributed by atoms with van der Waals surface area (Å²) in [6.07, 6.45) is 3.81. The Morgan fingerprint density at radius 1 is 1.07 bits per heavy atom. The molecule has 0 N–H and O–H groups in total. The molecule has 2 fully saturated rings. The fourth-order valence-corrected chi connectivity index (χ4v) is 5.70. The lowest BCUT2D eigenvalue weighted by molar-refractivity contribution is 0.0908. The molecule has 1 atom stereocenters. The van der Waals surface area contributed by atoms with Crippen molar-refractivity contribution in [1.82, 2.24) is 9.88 Å². The van der Waals surface area contributed by atoms with E-state index in [0.717, 1.165) is 37.3 Å². The molecular formula is C24H26N4S. The van der Waals surface area contributed by atoms with Gasteiger partial charge in [0.25, 0.3) is 0 Å². The minimum Gasteiger partial charge on any atom is -0.371 e. The number of nitriles is 1. The Bertz CT molecular complexity index is 1040. The predicted octanol–water partition coefficient (Wildman–Crippen LogP) is 5.22. The van der Waals surface area contributed by atoms with Gasteiger partial charge in [0.05, 0.1) is 27.4 Å². The fraction of sp³-hybridized carbons (Fsp3) is 0.417. The molecule has 2 aliphatic rings.